The summed E-state index contributed by atoms with van der Waals surface area (Å²) in [6.07, 6.45) is 3.45. The predicted octanol–water partition coefficient (Wildman–Crippen LogP) is 4.87. The van der Waals surface area contributed by atoms with Crippen LogP contribution in [0.3, 0.4) is 0 Å². The molecule has 2 heterocycles. The number of amides is 1. The molecular weight excluding hydrogens is 434 g/mol. The Bertz CT molecular complexity index is 1200. The molecule has 0 aliphatic heterocycles. The first kappa shape index (κ1) is 22.5. The molecule has 1 unspecified atom stereocenters. The molecule has 0 spiro atoms. The number of thioether (sulfide) groups is 1. The number of carbonyl (C=O) groups is 1. The zero-order chi connectivity index (χ0) is 23.2. The molecule has 8 heteroatoms. The van der Waals surface area contributed by atoms with Crippen molar-refractivity contribution in [3.63, 3.8) is 0 Å². The van der Waals surface area contributed by atoms with Gasteiger partial charge in [0.15, 0.2) is 11.0 Å². The average Bonchev–Trinajstić information content (AvgIpc) is 3.29. The van der Waals surface area contributed by atoms with Crippen LogP contribution in [0, 0.1) is 0 Å². The van der Waals surface area contributed by atoms with Crippen LogP contribution in [0.15, 0.2) is 84.3 Å². The molecular formula is C25H25N5O2S. The van der Waals surface area contributed by atoms with Crippen LogP contribution in [0.5, 0.6) is 5.75 Å². The van der Waals surface area contributed by atoms with Crippen LogP contribution in [0.4, 0.5) is 5.69 Å². The standard InChI is InChI=1S/C25H25N5O2S/c1-4-29(20-8-6-5-7-9-20)24(31)18(2)33-25-28-27-23(19-14-16-26-17-15-19)30(25)21-10-12-22(32-3)13-11-21/h5-18H,4H2,1-3H3. The molecule has 2 aromatic carbocycles. The number of anilines is 1. The first-order valence-electron chi connectivity index (χ1n) is 10.7. The summed E-state index contributed by atoms with van der Waals surface area (Å²) in [6.45, 7) is 4.46. The smallest absolute Gasteiger partial charge is 0.240 e. The summed E-state index contributed by atoms with van der Waals surface area (Å²) in [5, 5.41) is 9.17. The molecule has 0 N–H and O–H groups in total. The van der Waals surface area contributed by atoms with Crippen molar-refractivity contribution in [1.29, 1.82) is 0 Å². The third-order valence-corrected chi connectivity index (χ3v) is 6.21. The number of rotatable bonds is 8. The number of hydrogen-bond donors (Lipinski definition) is 0. The van der Waals surface area contributed by atoms with Gasteiger partial charge >= 0.3 is 0 Å². The highest BCUT2D eigenvalue weighted by Gasteiger charge is 2.25. The zero-order valence-corrected chi connectivity index (χ0v) is 19.6. The first-order valence-corrected chi connectivity index (χ1v) is 11.5. The minimum atomic E-state index is -0.364. The Morgan fingerprint density at radius 3 is 2.36 bits per heavy atom. The van der Waals surface area contributed by atoms with Crippen LogP contribution in [0.25, 0.3) is 17.1 Å². The topological polar surface area (TPSA) is 73.1 Å². The molecule has 168 valence electrons. The second-order valence-electron chi connectivity index (χ2n) is 7.25. The van der Waals surface area contributed by atoms with E-state index in [0.29, 0.717) is 17.5 Å². The van der Waals surface area contributed by atoms with Gasteiger partial charge in [-0.3, -0.25) is 14.3 Å². The van der Waals surface area contributed by atoms with E-state index in [1.165, 1.54) is 11.8 Å². The molecule has 0 radical (unpaired) electrons. The van der Waals surface area contributed by atoms with Crippen molar-refractivity contribution in [1.82, 2.24) is 19.7 Å². The van der Waals surface area contributed by atoms with Gasteiger partial charge in [-0.2, -0.15) is 0 Å². The Kier molecular flexibility index (Phi) is 7.04. The quantitative estimate of drug-likeness (QED) is 0.350. The molecule has 2 aromatic heterocycles. The minimum Gasteiger partial charge on any atom is -0.497 e. The molecule has 33 heavy (non-hydrogen) atoms. The van der Waals surface area contributed by atoms with Gasteiger partial charge in [0.1, 0.15) is 5.75 Å². The number of para-hydroxylation sites is 1. The van der Waals surface area contributed by atoms with E-state index in [1.54, 1.807) is 24.4 Å². The fourth-order valence-electron chi connectivity index (χ4n) is 3.50. The maximum Gasteiger partial charge on any atom is 0.240 e. The van der Waals surface area contributed by atoms with Crippen LogP contribution >= 0.6 is 11.8 Å². The summed E-state index contributed by atoms with van der Waals surface area (Å²) in [5.41, 5.74) is 2.65. The summed E-state index contributed by atoms with van der Waals surface area (Å²) >= 11 is 1.39. The fraction of sp³-hybridized carbons (Fsp3) is 0.200. The van der Waals surface area contributed by atoms with E-state index in [2.05, 4.69) is 15.2 Å². The lowest BCUT2D eigenvalue weighted by molar-refractivity contribution is -0.117. The monoisotopic (exact) mass is 459 g/mol. The normalized spacial score (nSPS) is 11.7. The van der Waals surface area contributed by atoms with Crippen LogP contribution in [0.1, 0.15) is 13.8 Å². The Labute approximate surface area is 197 Å². The van der Waals surface area contributed by atoms with E-state index in [0.717, 1.165) is 22.7 Å². The van der Waals surface area contributed by atoms with Gasteiger partial charge in [-0.1, -0.05) is 30.0 Å². The van der Waals surface area contributed by atoms with E-state index >= 15 is 0 Å². The number of hydrogen-bond acceptors (Lipinski definition) is 6. The van der Waals surface area contributed by atoms with Crippen LogP contribution in [-0.4, -0.2) is 44.6 Å². The van der Waals surface area contributed by atoms with E-state index in [1.807, 2.05) is 85.1 Å². The highest BCUT2D eigenvalue weighted by molar-refractivity contribution is 8.00. The highest BCUT2D eigenvalue weighted by atomic mass is 32.2. The van der Waals surface area contributed by atoms with E-state index in [9.17, 15) is 4.79 Å². The van der Waals surface area contributed by atoms with E-state index in [4.69, 9.17) is 4.74 Å². The van der Waals surface area contributed by atoms with Gasteiger partial charge in [0.05, 0.1) is 12.4 Å². The van der Waals surface area contributed by atoms with E-state index < -0.39 is 0 Å². The summed E-state index contributed by atoms with van der Waals surface area (Å²) in [6, 6.07) is 21.2. The van der Waals surface area contributed by atoms with Gasteiger partial charge in [-0.25, -0.2) is 0 Å². The van der Waals surface area contributed by atoms with Crippen LogP contribution in [0.2, 0.25) is 0 Å². The molecule has 0 saturated heterocycles. The summed E-state index contributed by atoms with van der Waals surface area (Å²) < 4.78 is 7.26. The molecule has 1 amide bonds. The maximum absolute atomic E-state index is 13.3. The second-order valence-corrected chi connectivity index (χ2v) is 8.56. The Balaban J connectivity index is 1.68. The molecule has 0 aliphatic carbocycles. The predicted molar refractivity (Wildman–Crippen MR) is 131 cm³/mol. The van der Waals surface area contributed by atoms with Gasteiger partial charge in [0.2, 0.25) is 5.91 Å². The number of methoxy groups -OCH3 is 1. The van der Waals surface area contributed by atoms with Crippen molar-refractivity contribution < 1.29 is 9.53 Å². The van der Waals surface area contributed by atoms with Crippen molar-refractivity contribution in [2.45, 2.75) is 24.3 Å². The van der Waals surface area contributed by atoms with Crippen molar-refractivity contribution >= 4 is 23.4 Å². The highest BCUT2D eigenvalue weighted by Crippen LogP contribution is 2.31. The molecule has 4 aromatic rings. The van der Waals surface area contributed by atoms with E-state index in [-0.39, 0.29) is 11.2 Å². The Hall–Kier alpha value is -3.65. The number of ether oxygens (including phenoxy) is 1. The lowest BCUT2D eigenvalue weighted by Gasteiger charge is -2.24. The fourth-order valence-corrected chi connectivity index (χ4v) is 4.43. The average molecular weight is 460 g/mol. The molecule has 0 saturated carbocycles. The number of nitrogens with zero attached hydrogens (tertiary/aromatic N) is 5. The third kappa shape index (κ3) is 4.90. The van der Waals surface area contributed by atoms with Crippen molar-refractivity contribution in [2.24, 2.45) is 0 Å². The van der Waals surface area contributed by atoms with Crippen molar-refractivity contribution in [3.8, 4) is 22.8 Å². The molecule has 0 aliphatic rings. The van der Waals surface area contributed by atoms with Crippen molar-refractivity contribution in [2.75, 3.05) is 18.6 Å². The first-order chi connectivity index (χ1) is 16.1. The second kappa shape index (κ2) is 10.3. The number of benzene rings is 2. The van der Waals surface area contributed by atoms with Gasteiger partial charge in [-0.15, -0.1) is 10.2 Å². The lowest BCUT2D eigenvalue weighted by atomic mass is 10.2. The third-order valence-electron chi connectivity index (χ3n) is 5.18. The largest absolute Gasteiger partial charge is 0.497 e. The Morgan fingerprint density at radius 2 is 1.73 bits per heavy atom. The molecule has 0 bridgehead atoms. The van der Waals surface area contributed by atoms with Gasteiger partial charge in [-0.05, 0) is 62.4 Å². The van der Waals surface area contributed by atoms with Crippen LogP contribution < -0.4 is 9.64 Å². The molecule has 0 fully saturated rings. The summed E-state index contributed by atoms with van der Waals surface area (Å²) in [4.78, 5) is 19.2. The van der Waals surface area contributed by atoms with Gasteiger partial charge < -0.3 is 9.64 Å². The van der Waals surface area contributed by atoms with Gasteiger partial charge in [0, 0.05) is 35.9 Å². The zero-order valence-electron chi connectivity index (χ0n) is 18.8. The molecule has 7 nitrogen and oxygen atoms in total. The maximum atomic E-state index is 13.3. The van der Waals surface area contributed by atoms with Crippen molar-refractivity contribution in [3.05, 3.63) is 79.1 Å². The lowest BCUT2D eigenvalue weighted by Crippen LogP contribution is -2.36. The number of aromatic nitrogens is 4. The number of pyridine rings is 1. The number of carbonyl (C=O) groups excluding carboxylic acids is 1. The SMILES string of the molecule is CCN(C(=O)C(C)Sc1nnc(-c2ccncc2)n1-c1ccc(OC)cc1)c1ccccc1. The van der Waals surface area contributed by atoms with Crippen LogP contribution in [-0.2, 0) is 4.79 Å². The molecule has 1 atom stereocenters. The summed E-state index contributed by atoms with van der Waals surface area (Å²) in [7, 11) is 1.64. The summed E-state index contributed by atoms with van der Waals surface area (Å²) in [5.74, 6) is 1.46. The molecule has 4 rings (SSSR count). The minimum absolute atomic E-state index is 0.0171. The Morgan fingerprint density at radius 1 is 1.03 bits per heavy atom. The van der Waals surface area contributed by atoms with Gasteiger partial charge in [0.25, 0.3) is 0 Å².